The van der Waals surface area contributed by atoms with Crippen molar-refractivity contribution in [3.05, 3.63) is 41.7 Å². The predicted molar refractivity (Wildman–Crippen MR) is 59.1 cm³/mol. The molecule has 0 aliphatic carbocycles. The highest BCUT2D eigenvalue weighted by atomic mass is 35.5. The molecule has 88 valence electrons. The van der Waals surface area contributed by atoms with Crippen molar-refractivity contribution in [2.45, 2.75) is 6.61 Å². The number of nitrogens with zero attached hydrogens (tertiary/aromatic N) is 2. The van der Waals surface area contributed by atoms with Crippen molar-refractivity contribution >= 4 is 11.6 Å². The molecule has 1 aromatic carbocycles. The number of rotatable bonds is 3. The van der Waals surface area contributed by atoms with E-state index < -0.39 is 6.61 Å². The molecule has 3 nitrogen and oxygen atoms in total. The van der Waals surface area contributed by atoms with Gasteiger partial charge in [0.25, 0.3) is 0 Å². The Labute approximate surface area is 101 Å². The highest BCUT2D eigenvalue weighted by Gasteiger charge is 2.12. The van der Waals surface area contributed by atoms with Crippen LogP contribution in [0.25, 0.3) is 11.4 Å². The molecule has 0 radical (unpaired) electrons. The van der Waals surface area contributed by atoms with Crippen LogP contribution in [0.3, 0.4) is 0 Å². The fraction of sp³-hybridized carbons (Fsp3) is 0.0909. The van der Waals surface area contributed by atoms with E-state index >= 15 is 0 Å². The number of alkyl halides is 2. The van der Waals surface area contributed by atoms with Gasteiger partial charge in [0.15, 0.2) is 5.82 Å². The molecule has 6 heteroatoms. The van der Waals surface area contributed by atoms with Crippen LogP contribution < -0.4 is 4.74 Å². The molecule has 0 saturated carbocycles. The molecule has 0 spiro atoms. The molecule has 0 fully saturated rings. The first-order valence-corrected chi connectivity index (χ1v) is 5.07. The predicted octanol–water partition coefficient (Wildman–Crippen LogP) is 3.40. The Morgan fingerprint density at radius 3 is 2.65 bits per heavy atom. The van der Waals surface area contributed by atoms with E-state index in [1.165, 1.54) is 18.3 Å². The SMILES string of the molecule is FC(F)Oc1ccccc1-c1nccc(Cl)n1. The number of benzene rings is 1. The van der Waals surface area contributed by atoms with E-state index in [1.54, 1.807) is 18.2 Å². The van der Waals surface area contributed by atoms with E-state index in [-0.39, 0.29) is 16.7 Å². The monoisotopic (exact) mass is 256 g/mol. The summed E-state index contributed by atoms with van der Waals surface area (Å²) in [6.07, 6.45) is 1.45. The van der Waals surface area contributed by atoms with Crippen LogP contribution in [-0.2, 0) is 0 Å². The molecule has 17 heavy (non-hydrogen) atoms. The summed E-state index contributed by atoms with van der Waals surface area (Å²) in [4.78, 5) is 7.90. The molecule has 0 saturated heterocycles. The fourth-order valence-corrected chi connectivity index (χ4v) is 1.45. The Kier molecular flexibility index (Phi) is 3.49. The van der Waals surface area contributed by atoms with Crippen molar-refractivity contribution < 1.29 is 13.5 Å². The smallest absolute Gasteiger partial charge is 0.387 e. The molecule has 1 aromatic heterocycles. The Bertz CT molecular complexity index is 522. The van der Waals surface area contributed by atoms with Gasteiger partial charge in [0.05, 0.1) is 5.56 Å². The van der Waals surface area contributed by atoms with Gasteiger partial charge >= 0.3 is 6.61 Å². The van der Waals surface area contributed by atoms with E-state index in [0.29, 0.717) is 5.56 Å². The van der Waals surface area contributed by atoms with Gasteiger partial charge in [-0.3, -0.25) is 0 Å². The lowest BCUT2D eigenvalue weighted by atomic mass is 10.2. The van der Waals surface area contributed by atoms with E-state index in [9.17, 15) is 8.78 Å². The van der Waals surface area contributed by atoms with Gasteiger partial charge in [-0.25, -0.2) is 9.97 Å². The van der Waals surface area contributed by atoms with Crippen molar-refractivity contribution in [1.82, 2.24) is 9.97 Å². The molecule has 1 heterocycles. The molecular weight excluding hydrogens is 250 g/mol. The lowest BCUT2D eigenvalue weighted by molar-refractivity contribution is -0.0494. The zero-order chi connectivity index (χ0) is 12.3. The van der Waals surface area contributed by atoms with Gasteiger partial charge in [-0.05, 0) is 18.2 Å². The van der Waals surface area contributed by atoms with Crippen LogP contribution in [0.1, 0.15) is 0 Å². The second-order valence-electron chi connectivity index (χ2n) is 3.08. The number of para-hydroxylation sites is 1. The third kappa shape index (κ3) is 2.88. The minimum absolute atomic E-state index is 0.0183. The lowest BCUT2D eigenvalue weighted by Gasteiger charge is -2.09. The van der Waals surface area contributed by atoms with Crippen molar-refractivity contribution in [2.24, 2.45) is 0 Å². The second kappa shape index (κ2) is 5.05. The van der Waals surface area contributed by atoms with Gasteiger partial charge in [-0.15, -0.1) is 0 Å². The van der Waals surface area contributed by atoms with Gasteiger partial charge in [-0.1, -0.05) is 23.7 Å². The van der Waals surface area contributed by atoms with Crippen LogP contribution in [0.5, 0.6) is 5.75 Å². The summed E-state index contributed by atoms with van der Waals surface area (Å²) in [5.41, 5.74) is 0.371. The highest BCUT2D eigenvalue weighted by molar-refractivity contribution is 6.29. The third-order valence-corrected chi connectivity index (χ3v) is 2.18. The zero-order valence-electron chi connectivity index (χ0n) is 8.48. The first-order chi connectivity index (χ1) is 8.16. The minimum Gasteiger partial charge on any atom is -0.434 e. The molecule has 0 bridgehead atoms. The average Bonchev–Trinajstić information content (AvgIpc) is 2.29. The van der Waals surface area contributed by atoms with Crippen molar-refractivity contribution in [3.8, 4) is 17.1 Å². The highest BCUT2D eigenvalue weighted by Crippen LogP contribution is 2.28. The zero-order valence-corrected chi connectivity index (χ0v) is 9.23. The van der Waals surface area contributed by atoms with Crippen molar-refractivity contribution in [1.29, 1.82) is 0 Å². The minimum atomic E-state index is -2.89. The molecule has 0 N–H and O–H groups in total. The van der Waals surface area contributed by atoms with Crippen LogP contribution in [-0.4, -0.2) is 16.6 Å². The standard InChI is InChI=1S/C11H7ClF2N2O/c12-9-5-6-15-10(16-9)7-3-1-2-4-8(7)17-11(13)14/h1-6,11H. The summed E-state index contributed by atoms with van der Waals surface area (Å²) in [7, 11) is 0. The molecule has 0 aliphatic rings. The van der Waals surface area contributed by atoms with Crippen LogP contribution in [0, 0.1) is 0 Å². The Balaban J connectivity index is 2.44. The number of aromatic nitrogens is 2. The van der Waals surface area contributed by atoms with Crippen LogP contribution >= 0.6 is 11.6 Å². The molecule has 0 unspecified atom stereocenters. The van der Waals surface area contributed by atoms with Gasteiger partial charge < -0.3 is 4.74 Å². The number of hydrogen-bond acceptors (Lipinski definition) is 3. The third-order valence-electron chi connectivity index (χ3n) is 1.97. The maximum atomic E-state index is 12.2. The Morgan fingerprint density at radius 1 is 1.18 bits per heavy atom. The summed E-state index contributed by atoms with van der Waals surface area (Å²) in [5.74, 6) is 0.263. The van der Waals surface area contributed by atoms with Crippen molar-refractivity contribution in [3.63, 3.8) is 0 Å². The molecule has 0 aliphatic heterocycles. The number of ether oxygens (including phenoxy) is 1. The van der Waals surface area contributed by atoms with E-state index in [4.69, 9.17) is 11.6 Å². The van der Waals surface area contributed by atoms with E-state index in [2.05, 4.69) is 14.7 Å². The summed E-state index contributed by atoms with van der Waals surface area (Å²) in [5, 5.41) is 0.238. The largest absolute Gasteiger partial charge is 0.434 e. The first kappa shape index (κ1) is 11.7. The first-order valence-electron chi connectivity index (χ1n) is 4.69. The van der Waals surface area contributed by atoms with Gasteiger partial charge in [0.1, 0.15) is 10.9 Å². The van der Waals surface area contributed by atoms with Gasteiger partial charge in [0.2, 0.25) is 0 Å². The second-order valence-corrected chi connectivity index (χ2v) is 3.46. The quantitative estimate of drug-likeness (QED) is 0.790. The van der Waals surface area contributed by atoms with Crippen LogP contribution in [0.4, 0.5) is 8.78 Å². The molecule has 2 rings (SSSR count). The van der Waals surface area contributed by atoms with Crippen LogP contribution in [0.15, 0.2) is 36.5 Å². The summed E-state index contributed by atoms with van der Waals surface area (Å²) >= 11 is 5.71. The van der Waals surface area contributed by atoms with E-state index in [1.807, 2.05) is 0 Å². The Morgan fingerprint density at radius 2 is 1.94 bits per heavy atom. The number of halogens is 3. The summed E-state index contributed by atoms with van der Waals surface area (Å²) in [6.45, 7) is -2.89. The molecular formula is C11H7ClF2N2O. The summed E-state index contributed by atoms with van der Waals surface area (Å²) < 4.78 is 28.8. The van der Waals surface area contributed by atoms with Crippen molar-refractivity contribution in [2.75, 3.05) is 0 Å². The number of hydrogen-bond donors (Lipinski definition) is 0. The normalized spacial score (nSPS) is 10.6. The van der Waals surface area contributed by atoms with Crippen LogP contribution in [0.2, 0.25) is 5.15 Å². The maximum Gasteiger partial charge on any atom is 0.387 e. The average molecular weight is 257 g/mol. The molecule has 0 atom stereocenters. The molecule has 2 aromatic rings. The van der Waals surface area contributed by atoms with Gasteiger partial charge in [-0.2, -0.15) is 8.78 Å². The lowest BCUT2D eigenvalue weighted by Crippen LogP contribution is -2.03. The van der Waals surface area contributed by atoms with Gasteiger partial charge in [0, 0.05) is 6.20 Å². The van der Waals surface area contributed by atoms with E-state index in [0.717, 1.165) is 0 Å². The molecule has 0 amide bonds. The summed E-state index contributed by atoms with van der Waals surface area (Å²) in [6, 6.07) is 7.78. The Hall–Kier alpha value is -1.75. The topological polar surface area (TPSA) is 35.0 Å². The maximum absolute atomic E-state index is 12.2. The fourth-order valence-electron chi connectivity index (χ4n) is 1.32.